The number of benzene rings is 1. The van der Waals surface area contributed by atoms with Crippen LogP contribution >= 0.6 is 0 Å². The number of nitrogens with one attached hydrogen (secondary N) is 1. The van der Waals surface area contributed by atoms with Crippen LogP contribution in [0.2, 0.25) is 0 Å². The van der Waals surface area contributed by atoms with Crippen LogP contribution in [0, 0.1) is 5.82 Å². The Labute approximate surface area is 188 Å². The van der Waals surface area contributed by atoms with Gasteiger partial charge in [-0.05, 0) is 42.3 Å². The predicted octanol–water partition coefficient (Wildman–Crippen LogP) is 2.64. The van der Waals surface area contributed by atoms with E-state index in [4.69, 9.17) is 4.74 Å². The van der Waals surface area contributed by atoms with Crippen LogP contribution in [0.4, 0.5) is 8.87 Å². The van der Waals surface area contributed by atoms with Crippen LogP contribution in [0.15, 0.2) is 58.6 Å². The van der Waals surface area contributed by atoms with Crippen molar-refractivity contribution in [2.45, 2.75) is 19.4 Å². The Bertz CT molecular complexity index is 1310. The number of amides is 1. The van der Waals surface area contributed by atoms with Crippen LogP contribution in [-0.2, 0) is 11.8 Å². The largest absolute Gasteiger partial charge is 0.497 e. The maximum Gasteiger partial charge on any atom is 0.314 e. The number of fused-ring (bicyclic) bond motifs is 3. The molecule has 3 heterocycles. The third-order valence-electron chi connectivity index (χ3n) is 5.55. The number of aryl methyl sites for hydroxylation is 1. The van der Waals surface area contributed by atoms with Gasteiger partial charge in [-0.3, -0.25) is 14.6 Å². The van der Waals surface area contributed by atoms with Crippen molar-refractivity contribution in [3.8, 4) is 16.9 Å². The smallest absolute Gasteiger partial charge is 0.314 e. The molecule has 0 saturated heterocycles. The van der Waals surface area contributed by atoms with Gasteiger partial charge in [0, 0.05) is 47.8 Å². The number of aliphatic imine (C=N–C) groups is 1. The summed E-state index contributed by atoms with van der Waals surface area (Å²) in [5.41, 5.74) is 1.54. The van der Waals surface area contributed by atoms with Crippen LogP contribution in [0.1, 0.15) is 36.2 Å². The van der Waals surface area contributed by atoms with Gasteiger partial charge in [-0.1, -0.05) is 0 Å². The quantitative estimate of drug-likeness (QED) is 0.645. The fourth-order valence-electron chi connectivity index (χ4n) is 3.98. The number of carbonyl (C=O) groups excluding carboxylic acids is 1. The van der Waals surface area contributed by atoms with Crippen molar-refractivity contribution < 1.29 is 23.2 Å². The van der Waals surface area contributed by atoms with Crippen molar-refractivity contribution in [1.82, 2.24) is 9.88 Å². The molecule has 0 saturated carbocycles. The third kappa shape index (κ3) is 4.13. The van der Waals surface area contributed by atoms with Gasteiger partial charge in [0.15, 0.2) is 0 Å². The average Bonchev–Trinajstić information content (AvgIpc) is 2.89. The van der Waals surface area contributed by atoms with E-state index < -0.39 is 11.9 Å². The lowest BCUT2D eigenvalue weighted by atomic mass is 9.92. The first-order valence-electron chi connectivity index (χ1n) is 10.4. The molecule has 9 heteroatoms. The lowest BCUT2D eigenvalue weighted by Crippen LogP contribution is -2.34. The lowest BCUT2D eigenvalue weighted by Gasteiger charge is -2.16. The molecular formula is C24H23F2N4O3+. The number of methoxy groups -OCH3 is 1. The first-order chi connectivity index (χ1) is 15.8. The molecule has 0 spiro atoms. The van der Waals surface area contributed by atoms with E-state index in [1.54, 1.807) is 38.4 Å². The third-order valence-corrected chi connectivity index (χ3v) is 5.55. The van der Waals surface area contributed by atoms with E-state index in [0.717, 1.165) is 12.3 Å². The zero-order valence-electron chi connectivity index (χ0n) is 18.4. The molecular weight excluding hydrogens is 430 g/mol. The van der Waals surface area contributed by atoms with Crippen LogP contribution in [-0.4, -0.2) is 29.8 Å². The molecule has 4 rings (SSSR count). The zero-order valence-corrected chi connectivity index (χ0v) is 18.4. The average molecular weight is 453 g/mol. The number of pyridine rings is 2. The maximum absolute atomic E-state index is 14.9. The molecule has 0 radical (unpaired) electrons. The standard InChI is InChI=1S/C24H22F2N4O3/c1-4-27-21(31)12-20-16-11-22(32)29(2)13-18(16)15-8-7-14(33-3)10-17(15)23(28-20)24-19(25)6-5-9-30(24)26/h5-11,13,20H,4,12H2,1-3H3/p+1. The number of hydrogen-bond donors (Lipinski definition) is 1. The van der Waals surface area contributed by atoms with Crippen molar-refractivity contribution >= 4 is 11.6 Å². The van der Waals surface area contributed by atoms with Gasteiger partial charge in [0.1, 0.15) is 11.5 Å². The summed E-state index contributed by atoms with van der Waals surface area (Å²) in [6.07, 6.45) is 2.63. The Balaban J connectivity index is 2.08. The summed E-state index contributed by atoms with van der Waals surface area (Å²) >= 11 is 0. The number of hydrogen-bond acceptors (Lipinski definition) is 4. The highest BCUT2D eigenvalue weighted by atomic mass is 19.2. The highest BCUT2D eigenvalue weighted by Crippen LogP contribution is 2.39. The molecule has 1 amide bonds. The van der Waals surface area contributed by atoms with E-state index >= 15 is 0 Å². The van der Waals surface area contributed by atoms with Crippen molar-refractivity contribution in [1.29, 1.82) is 0 Å². The van der Waals surface area contributed by atoms with Crippen LogP contribution < -0.4 is 20.4 Å². The molecule has 1 unspecified atom stereocenters. The highest BCUT2D eigenvalue weighted by molar-refractivity contribution is 6.15. The molecule has 1 atom stereocenters. The molecule has 1 aliphatic rings. The Morgan fingerprint density at radius 2 is 2.03 bits per heavy atom. The fraction of sp³-hybridized carbons (Fsp3) is 0.250. The summed E-state index contributed by atoms with van der Waals surface area (Å²) in [5, 5.41) is 2.72. The van der Waals surface area contributed by atoms with Gasteiger partial charge in [-0.2, -0.15) is 4.39 Å². The van der Waals surface area contributed by atoms with Crippen molar-refractivity contribution in [3.63, 3.8) is 0 Å². The van der Waals surface area contributed by atoms with E-state index in [0.29, 0.717) is 34.5 Å². The van der Waals surface area contributed by atoms with E-state index in [2.05, 4.69) is 10.3 Å². The minimum absolute atomic E-state index is 0.0186. The topological polar surface area (TPSA) is 76.6 Å². The fourth-order valence-corrected chi connectivity index (χ4v) is 3.98. The van der Waals surface area contributed by atoms with Gasteiger partial charge >= 0.3 is 5.69 Å². The molecule has 0 aliphatic carbocycles. The van der Waals surface area contributed by atoms with Gasteiger partial charge < -0.3 is 14.6 Å². The number of rotatable bonds is 5. The molecule has 1 aliphatic heterocycles. The molecule has 1 N–H and O–H groups in total. The minimum atomic E-state index is -0.839. The molecule has 0 bridgehead atoms. The minimum Gasteiger partial charge on any atom is -0.497 e. The number of nitrogens with zero attached hydrogens (tertiary/aromatic N) is 3. The summed E-state index contributed by atoms with van der Waals surface area (Å²) in [7, 11) is 3.10. The summed E-state index contributed by atoms with van der Waals surface area (Å²) in [6, 6.07) is 8.08. The van der Waals surface area contributed by atoms with E-state index in [9.17, 15) is 18.5 Å². The number of ether oxygens (including phenoxy) is 1. The van der Waals surface area contributed by atoms with Gasteiger partial charge in [-0.25, -0.2) is 0 Å². The van der Waals surface area contributed by atoms with Gasteiger partial charge in [0.25, 0.3) is 5.56 Å². The Kier molecular flexibility index (Phi) is 6.04. The summed E-state index contributed by atoms with van der Waals surface area (Å²) in [4.78, 5) is 29.8. The van der Waals surface area contributed by atoms with E-state index in [1.807, 2.05) is 0 Å². The maximum atomic E-state index is 14.9. The molecule has 7 nitrogen and oxygen atoms in total. The predicted molar refractivity (Wildman–Crippen MR) is 118 cm³/mol. The second-order valence-corrected chi connectivity index (χ2v) is 7.67. The van der Waals surface area contributed by atoms with Crippen molar-refractivity contribution in [3.05, 3.63) is 81.8 Å². The molecule has 170 valence electrons. The summed E-state index contributed by atoms with van der Waals surface area (Å²) < 4.78 is 36.5. The Morgan fingerprint density at radius 1 is 1.24 bits per heavy atom. The Hall–Kier alpha value is -3.88. The normalized spacial score (nSPS) is 14.6. The van der Waals surface area contributed by atoms with Crippen LogP contribution in [0.25, 0.3) is 11.1 Å². The molecule has 3 aromatic rings. The highest BCUT2D eigenvalue weighted by Gasteiger charge is 2.33. The molecule has 0 fully saturated rings. The van der Waals surface area contributed by atoms with E-state index in [1.165, 1.54) is 23.8 Å². The first kappa shape index (κ1) is 22.3. The Morgan fingerprint density at radius 3 is 2.73 bits per heavy atom. The second-order valence-electron chi connectivity index (χ2n) is 7.67. The summed E-state index contributed by atoms with van der Waals surface area (Å²) in [6.45, 7) is 2.21. The van der Waals surface area contributed by atoms with Crippen molar-refractivity contribution in [2.24, 2.45) is 12.0 Å². The van der Waals surface area contributed by atoms with Gasteiger partial charge in [0.2, 0.25) is 17.9 Å². The SMILES string of the molecule is CCNC(=O)CC1N=C(c2c(F)ccc[n+]2F)c2cc(OC)ccc2-c2cn(C)c(=O)cc21. The number of halogens is 2. The second kappa shape index (κ2) is 8.93. The van der Waals surface area contributed by atoms with Crippen molar-refractivity contribution in [2.75, 3.05) is 13.7 Å². The number of carbonyl (C=O) groups is 1. The van der Waals surface area contributed by atoms with Gasteiger partial charge in [0.05, 0.1) is 24.1 Å². The van der Waals surface area contributed by atoms with E-state index in [-0.39, 0.29) is 34.1 Å². The monoisotopic (exact) mass is 453 g/mol. The van der Waals surface area contributed by atoms with Crippen LogP contribution in [0.3, 0.4) is 0 Å². The van der Waals surface area contributed by atoms with Gasteiger partial charge in [-0.15, -0.1) is 0 Å². The lowest BCUT2D eigenvalue weighted by molar-refractivity contribution is -0.845. The molecule has 1 aromatic carbocycles. The zero-order chi connectivity index (χ0) is 23.7. The first-order valence-corrected chi connectivity index (χ1v) is 10.4. The molecule has 33 heavy (non-hydrogen) atoms. The van der Waals surface area contributed by atoms with Crippen LogP contribution in [0.5, 0.6) is 5.75 Å². The summed E-state index contributed by atoms with van der Waals surface area (Å²) in [5.74, 6) is -0.635. The number of aromatic nitrogens is 2. The molecule has 2 aromatic heterocycles.